The number of aliphatic hydroxyl groups excluding tert-OH is 1. The molecule has 0 aliphatic rings. The molecule has 3 N–H and O–H groups in total. The highest BCUT2D eigenvalue weighted by molar-refractivity contribution is 6.31. The first kappa shape index (κ1) is 16.9. The van der Waals surface area contributed by atoms with Gasteiger partial charge in [-0.05, 0) is 37.5 Å². The van der Waals surface area contributed by atoms with Crippen molar-refractivity contribution >= 4 is 17.5 Å². The molecule has 0 unspecified atom stereocenters. The van der Waals surface area contributed by atoms with E-state index in [1.165, 1.54) is 6.07 Å². The van der Waals surface area contributed by atoms with Crippen LogP contribution < -0.4 is 5.32 Å². The average molecular weight is 304 g/mol. The lowest BCUT2D eigenvalue weighted by Gasteiger charge is -2.26. The lowest BCUT2D eigenvalue weighted by Crippen LogP contribution is -2.42. The molecule has 0 radical (unpaired) electrons. The Morgan fingerprint density at radius 1 is 1.45 bits per heavy atom. The Hall–Kier alpha value is -1.17. The summed E-state index contributed by atoms with van der Waals surface area (Å²) in [6.07, 6.45) is 1.27. The zero-order valence-corrected chi connectivity index (χ0v) is 12.1. The fraction of sp³-hybridized carbons (Fsp3) is 0.500. The van der Waals surface area contributed by atoms with Crippen LogP contribution in [0.5, 0.6) is 0 Å². The molecule has 6 heteroatoms. The second-order valence-electron chi connectivity index (χ2n) is 4.75. The summed E-state index contributed by atoms with van der Waals surface area (Å²) in [6.45, 7) is 1.81. The number of hydrogen-bond acceptors (Lipinski definition) is 3. The van der Waals surface area contributed by atoms with Gasteiger partial charge in [-0.3, -0.25) is 4.79 Å². The van der Waals surface area contributed by atoms with Crippen molar-refractivity contribution in [1.82, 2.24) is 5.32 Å². The Kier molecular flexibility index (Phi) is 6.39. The van der Waals surface area contributed by atoms with Crippen molar-refractivity contribution in [1.29, 1.82) is 0 Å². The number of halogens is 2. The third kappa shape index (κ3) is 5.07. The monoisotopic (exact) mass is 303 g/mol. The quantitative estimate of drug-likeness (QED) is 0.722. The maximum atomic E-state index is 13.2. The highest BCUT2D eigenvalue weighted by Crippen LogP contribution is 2.17. The summed E-state index contributed by atoms with van der Waals surface area (Å²) < 4.78 is 13.2. The van der Waals surface area contributed by atoms with Crippen LogP contribution in [0.2, 0.25) is 5.02 Å². The van der Waals surface area contributed by atoms with Crippen LogP contribution in [0.1, 0.15) is 36.5 Å². The standard InChI is InChI=1S/C14H19ClFNO3/c1-2-14(20,4-3-5-18)9-17-13(19)10-6-11(15)8-12(16)7-10/h6-8,18,20H,2-5,9H2,1H3,(H,17,19)/t14-/m1/s1. The Labute approximate surface area is 122 Å². The Morgan fingerprint density at radius 2 is 2.15 bits per heavy atom. The fourth-order valence-corrected chi connectivity index (χ4v) is 2.05. The molecule has 1 rings (SSSR count). The summed E-state index contributed by atoms with van der Waals surface area (Å²) in [5, 5.41) is 21.7. The van der Waals surface area contributed by atoms with Crippen molar-refractivity contribution in [2.45, 2.75) is 31.8 Å². The molecule has 0 spiro atoms. The van der Waals surface area contributed by atoms with Crippen molar-refractivity contribution in [3.63, 3.8) is 0 Å². The minimum absolute atomic E-state index is 0.0181. The van der Waals surface area contributed by atoms with Gasteiger partial charge in [0.2, 0.25) is 0 Å². The van der Waals surface area contributed by atoms with E-state index in [9.17, 15) is 14.3 Å². The molecule has 1 aromatic rings. The van der Waals surface area contributed by atoms with Gasteiger partial charge in [-0.15, -0.1) is 0 Å². The van der Waals surface area contributed by atoms with Crippen LogP contribution in [0.15, 0.2) is 18.2 Å². The summed E-state index contributed by atoms with van der Waals surface area (Å²) in [5.74, 6) is -1.09. The van der Waals surface area contributed by atoms with Gasteiger partial charge in [-0.25, -0.2) is 4.39 Å². The molecule has 1 aromatic carbocycles. The second kappa shape index (κ2) is 7.57. The van der Waals surface area contributed by atoms with E-state index >= 15 is 0 Å². The van der Waals surface area contributed by atoms with Gasteiger partial charge in [-0.2, -0.15) is 0 Å². The number of benzene rings is 1. The van der Waals surface area contributed by atoms with E-state index in [1.54, 1.807) is 6.92 Å². The molecule has 0 saturated carbocycles. The van der Waals surface area contributed by atoms with Gasteiger partial charge in [0, 0.05) is 23.7 Å². The topological polar surface area (TPSA) is 69.6 Å². The van der Waals surface area contributed by atoms with E-state index in [4.69, 9.17) is 16.7 Å². The summed E-state index contributed by atoms with van der Waals surface area (Å²) >= 11 is 5.68. The number of amides is 1. The van der Waals surface area contributed by atoms with E-state index in [-0.39, 0.29) is 23.7 Å². The van der Waals surface area contributed by atoms with E-state index in [2.05, 4.69) is 5.32 Å². The minimum atomic E-state index is -1.07. The molecule has 0 aromatic heterocycles. The van der Waals surface area contributed by atoms with Crippen molar-refractivity contribution < 1.29 is 19.4 Å². The third-order valence-electron chi connectivity index (χ3n) is 3.16. The second-order valence-corrected chi connectivity index (χ2v) is 5.18. The summed E-state index contributed by atoms with van der Waals surface area (Å²) in [4.78, 5) is 11.9. The largest absolute Gasteiger partial charge is 0.396 e. The van der Waals surface area contributed by atoms with Crippen LogP contribution in [0.4, 0.5) is 4.39 Å². The molecule has 0 aliphatic heterocycles. The van der Waals surface area contributed by atoms with Crippen molar-refractivity contribution in [3.05, 3.63) is 34.6 Å². The SMILES string of the molecule is CC[C@@](O)(CCCO)CNC(=O)c1cc(F)cc(Cl)c1. The number of carbonyl (C=O) groups is 1. The van der Waals surface area contributed by atoms with Crippen LogP contribution in [-0.2, 0) is 0 Å². The van der Waals surface area contributed by atoms with Gasteiger partial charge in [-0.1, -0.05) is 18.5 Å². The van der Waals surface area contributed by atoms with Crippen LogP contribution in [-0.4, -0.2) is 34.9 Å². The van der Waals surface area contributed by atoms with Gasteiger partial charge in [0.25, 0.3) is 5.91 Å². The van der Waals surface area contributed by atoms with Crippen molar-refractivity contribution in [2.24, 2.45) is 0 Å². The van der Waals surface area contributed by atoms with Gasteiger partial charge in [0.05, 0.1) is 5.60 Å². The first-order chi connectivity index (χ1) is 9.40. The van der Waals surface area contributed by atoms with Crippen LogP contribution in [0.25, 0.3) is 0 Å². The van der Waals surface area contributed by atoms with E-state index in [0.717, 1.165) is 12.1 Å². The van der Waals surface area contributed by atoms with Crippen molar-refractivity contribution in [2.75, 3.05) is 13.2 Å². The number of carbonyl (C=O) groups excluding carboxylic acids is 1. The smallest absolute Gasteiger partial charge is 0.251 e. The molecular formula is C14H19ClFNO3. The normalized spacial score (nSPS) is 13.8. The fourth-order valence-electron chi connectivity index (χ4n) is 1.83. The number of aliphatic hydroxyl groups is 2. The van der Waals surface area contributed by atoms with E-state index in [0.29, 0.717) is 19.3 Å². The molecular weight excluding hydrogens is 285 g/mol. The van der Waals surface area contributed by atoms with Crippen LogP contribution in [0, 0.1) is 5.82 Å². The number of nitrogens with one attached hydrogen (secondary N) is 1. The molecule has 1 amide bonds. The van der Waals surface area contributed by atoms with Crippen molar-refractivity contribution in [3.8, 4) is 0 Å². The highest BCUT2D eigenvalue weighted by atomic mass is 35.5. The predicted molar refractivity (Wildman–Crippen MR) is 75.3 cm³/mol. The summed E-state index contributed by atoms with van der Waals surface area (Å²) in [6, 6.07) is 3.56. The highest BCUT2D eigenvalue weighted by Gasteiger charge is 2.25. The molecule has 0 bridgehead atoms. The molecule has 0 fully saturated rings. The van der Waals surface area contributed by atoms with Gasteiger partial charge in [0.15, 0.2) is 0 Å². The number of hydrogen-bond donors (Lipinski definition) is 3. The molecule has 0 aliphatic carbocycles. The molecule has 4 nitrogen and oxygen atoms in total. The first-order valence-corrected chi connectivity index (χ1v) is 6.85. The summed E-state index contributed by atoms with van der Waals surface area (Å²) in [5.41, 5.74) is -0.967. The van der Waals surface area contributed by atoms with E-state index in [1.807, 2.05) is 0 Å². The zero-order chi connectivity index (χ0) is 15.2. The maximum absolute atomic E-state index is 13.2. The maximum Gasteiger partial charge on any atom is 0.251 e. The van der Waals surface area contributed by atoms with Gasteiger partial charge < -0.3 is 15.5 Å². The lowest BCUT2D eigenvalue weighted by atomic mass is 9.94. The zero-order valence-electron chi connectivity index (χ0n) is 11.3. The molecule has 1 atom stereocenters. The third-order valence-corrected chi connectivity index (χ3v) is 3.38. The van der Waals surface area contributed by atoms with Crippen LogP contribution in [0.3, 0.4) is 0 Å². The first-order valence-electron chi connectivity index (χ1n) is 6.48. The predicted octanol–water partition coefficient (Wildman–Crippen LogP) is 2.12. The summed E-state index contributed by atoms with van der Waals surface area (Å²) in [7, 11) is 0. The van der Waals surface area contributed by atoms with E-state index < -0.39 is 17.3 Å². The molecule has 0 heterocycles. The Balaban J connectivity index is 2.65. The van der Waals surface area contributed by atoms with Gasteiger partial charge in [0.1, 0.15) is 5.82 Å². The Morgan fingerprint density at radius 3 is 2.70 bits per heavy atom. The number of rotatable bonds is 7. The molecule has 0 saturated heterocycles. The lowest BCUT2D eigenvalue weighted by molar-refractivity contribution is 0.0212. The minimum Gasteiger partial charge on any atom is -0.396 e. The molecule has 112 valence electrons. The average Bonchev–Trinajstić information content (AvgIpc) is 2.41. The Bertz CT molecular complexity index is 449. The van der Waals surface area contributed by atoms with Gasteiger partial charge >= 0.3 is 0 Å². The molecule has 20 heavy (non-hydrogen) atoms. The van der Waals surface area contributed by atoms with Crippen LogP contribution >= 0.6 is 11.6 Å².